The van der Waals surface area contributed by atoms with Gasteiger partial charge in [-0.15, -0.1) is 11.6 Å². The maximum absolute atomic E-state index is 11.3. The zero-order valence-corrected chi connectivity index (χ0v) is 9.72. The highest BCUT2D eigenvalue weighted by molar-refractivity contribution is 6.50. The van der Waals surface area contributed by atoms with Gasteiger partial charge in [-0.25, -0.2) is 9.59 Å². The zero-order valence-electron chi connectivity index (χ0n) is 7.45. The molecule has 1 saturated heterocycles. The van der Waals surface area contributed by atoms with Crippen LogP contribution in [0.25, 0.3) is 0 Å². The number of alkyl halides is 3. The molecule has 0 aromatic rings. The summed E-state index contributed by atoms with van der Waals surface area (Å²) >= 11 is 16.3. The van der Waals surface area contributed by atoms with Crippen LogP contribution in [0, 0.1) is 0 Å². The van der Waals surface area contributed by atoms with Gasteiger partial charge in [0.15, 0.2) is 0 Å². The monoisotopic (exact) mass is 275 g/mol. The van der Waals surface area contributed by atoms with Crippen LogP contribution >= 0.6 is 34.8 Å². The Hall–Kier alpha value is -0.390. The number of carboxylic acid groups (broad SMARTS) is 1. The van der Waals surface area contributed by atoms with Gasteiger partial charge in [0, 0.05) is 6.54 Å². The molecule has 1 atom stereocenters. The number of rotatable bonds is 3. The molecule has 1 rings (SSSR count). The quantitative estimate of drug-likeness (QED) is 0.796. The summed E-state index contributed by atoms with van der Waals surface area (Å²) < 4.78 is 2.77. The van der Waals surface area contributed by atoms with E-state index in [0.717, 1.165) is 4.90 Å². The Morgan fingerprint density at radius 1 is 1.53 bits per heavy atom. The third-order valence-corrected chi connectivity index (χ3v) is 3.00. The number of hydrogen-bond donors (Lipinski definition) is 1. The van der Waals surface area contributed by atoms with E-state index in [9.17, 15) is 9.59 Å². The van der Waals surface area contributed by atoms with Crippen molar-refractivity contribution in [2.24, 2.45) is 0 Å². The number of carbonyl (C=O) groups is 2. The molecular weight excluding hydrogens is 268 g/mol. The van der Waals surface area contributed by atoms with Crippen molar-refractivity contribution >= 4 is 46.9 Å². The van der Waals surface area contributed by atoms with E-state index in [4.69, 9.17) is 39.9 Å². The Labute approximate surface area is 101 Å². The van der Waals surface area contributed by atoms with Gasteiger partial charge in [0.1, 0.15) is 6.04 Å². The summed E-state index contributed by atoms with van der Waals surface area (Å²) in [7, 11) is 0. The minimum atomic E-state index is -1.82. The van der Waals surface area contributed by atoms with Crippen LogP contribution in [0.1, 0.15) is 6.42 Å². The molecule has 1 amide bonds. The molecular formula is C7H8Cl3NO4. The average Bonchev–Trinajstić information content (AvgIpc) is 1.99. The lowest BCUT2D eigenvalue weighted by molar-refractivity contribution is -0.147. The number of carbonyl (C=O) groups excluding carboxylic acids is 1. The van der Waals surface area contributed by atoms with E-state index in [0.29, 0.717) is 13.0 Å². The lowest BCUT2D eigenvalue weighted by Crippen LogP contribution is -2.56. The third kappa shape index (κ3) is 3.03. The number of hydrogen-bond acceptors (Lipinski definition) is 3. The largest absolute Gasteiger partial charge is 0.480 e. The van der Waals surface area contributed by atoms with E-state index in [-0.39, 0.29) is 5.88 Å². The molecule has 0 saturated carbocycles. The van der Waals surface area contributed by atoms with Crippen molar-refractivity contribution in [3.63, 3.8) is 0 Å². The number of halogens is 3. The molecule has 1 N–H and O–H groups in total. The average molecular weight is 277 g/mol. The summed E-state index contributed by atoms with van der Waals surface area (Å²) in [5.74, 6) is -1.38. The van der Waals surface area contributed by atoms with Crippen LogP contribution in [0.2, 0.25) is 0 Å². The van der Waals surface area contributed by atoms with Crippen LogP contribution in [-0.4, -0.2) is 45.1 Å². The smallest absolute Gasteiger partial charge is 0.413 e. The summed E-state index contributed by atoms with van der Waals surface area (Å²) in [6.07, 6.45) is -0.484. The van der Waals surface area contributed by atoms with Crippen molar-refractivity contribution in [3.8, 4) is 0 Å². The lowest BCUT2D eigenvalue weighted by Gasteiger charge is -2.37. The van der Waals surface area contributed by atoms with Gasteiger partial charge in [-0.1, -0.05) is 23.2 Å². The highest BCUT2D eigenvalue weighted by Crippen LogP contribution is 2.27. The molecule has 0 spiro atoms. The van der Waals surface area contributed by atoms with Gasteiger partial charge in [-0.3, -0.25) is 4.90 Å². The Kier molecular flexibility index (Phi) is 3.92. The van der Waals surface area contributed by atoms with E-state index < -0.39 is 22.6 Å². The predicted molar refractivity (Wildman–Crippen MR) is 54.4 cm³/mol. The van der Waals surface area contributed by atoms with Gasteiger partial charge < -0.3 is 9.84 Å². The van der Waals surface area contributed by atoms with Gasteiger partial charge >= 0.3 is 12.1 Å². The molecule has 15 heavy (non-hydrogen) atoms. The first-order valence-electron chi connectivity index (χ1n) is 4.03. The minimum absolute atomic E-state index is 0.298. The SMILES string of the molecule is O=C(O)C1CCN1C(=O)OC(Cl)(Cl)CCl. The fourth-order valence-corrected chi connectivity index (χ4v) is 1.26. The summed E-state index contributed by atoms with van der Waals surface area (Å²) in [4.78, 5) is 22.9. The summed E-state index contributed by atoms with van der Waals surface area (Å²) in [6.45, 7) is 0.307. The van der Waals surface area contributed by atoms with E-state index in [1.54, 1.807) is 0 Å². The minimum Gasteiger partial charge on any atom is -0.480 e. The number of nitrogens with zero attached hydrogens (tertiary/aromatic N) is 1. The van der Waals surface area contributed by atoms with Crippen molar-refractivity contribution in [2.45, 2.75) is 17.0 Å². The molecule has 0 aromatic heterocycles. The van der Waals surface area contributed by atoms with Crippen molar-refractivity contribution in [1.29, 1.82) is 0 Å². The first kappa shape index (κ1) is 12.7. The van der Waals surface area contributed by atoms with E-state index in [2.05, 4.69) is 4.74 Å². The first-order valence-corrected chi connectivity index (χ1v) is 5.32. The topological polar surface area (TPSA) is 66.8 Å². The van der Waals surface area contributed by atoms with Crippen LogP contribution < -0.4 is 0 Å². The molecule has 0 aliphatic carbocycles. The molecule has 0 radical (unpaired) electrons. The first-order chi connectivity index (χ1) is 6.87. The van der Waals surface area contributed by atoms with E-state index >= 15 is 0 Å². The molecule has 0 bridgehead atoms. The number of aliphatic carboxylic acids is 1. The predicted octanol–water partition coefficient (Wildman–Crippen LogP) is 1.65. The van der Waals surface area contributed by atoms with Crippen LogP contribution in [0.5, 0.6) is 0 Å². The summed E-state index contributed by atoms with van der Waals surface area (Å²) in [5.41, 5.74) is 0. The molecule has 0 aromatic carbocycles. The number of amides is 1. The zero-order chi connectivity index (χ0) is 11.6. The van der Waals surface area contributed by atoms with Gasteiger partial charge in [-0.05, 0) is 6.42 Å². The lowest BCUT2D eigenvalue weighted by atomic mass is 10.1. The van der Waals surface area contributed by atoms with Crippen molar-refractivity contribution in [1.82, 2.24) is 4.90 Å². The second kappa shape index (κ2) is 4.63. The molecule has 1 unspecified atom stereocenters. The van der Waals surface area contributed by atoms with Crippen molar-refractivity contribution in [2.75, 3.05) is 12.4 Å². The molecule has 5 nitrogen and oxygen atoms in total. The highest BCUT2D eigenvalue weighted by atomic mass is 35.5. The van der Waals surface area contributed by atoms with Crippen molar-refractivity contribution < 1.29 is 19.4 Å². The second-order valence-corrected chi connectivity index (χ2v) is 4.66. The van der Waals surface area contributed by atoms with Gasteiger partial charge in [0.05, 0.1) is 5.88 Å². The standard InChI is InChI=1S/C7H8Cl3NO4/c8-3-7(9,10)15-6(14)11-2-1-4(11)5(12)13/h4H,1-3H2,(H,12,13). The maximum Gasteiger partial charge on any atom is 0.413 e. The summed E-state index contributed by atoms with van der Waals surface area (Å²) in [5, 5.41) is 8.67. The van der Waals surface area contributed by atoms with E-state index in [1.165, 1.54) is 0 Å². The Balaban J connectivity index is 2.52. The highest BCUT2D eigenvalue weighted by Gasteiger charge is 2.41. The molecule has 1 fully saturated rings. The fourth-order valence-electron chi connectivity index (χ4n) is 1.08. The molecule has 1 heterocycles. The molecule has 86 valence electrons. The maximum atomic E-state index is 11.3. The molecule has 1 aliphatic rings. The van der Waals surface area contributed by atoms with Crippen LogP contribution in [0.15, 0.2) is 0 Å². The number of carboxylic acids is 1. The Bertz CT molecular complexity index is 283. The third-order valence-electron chi connectivity index (χ3n) is 1.93. The summed E-state index contributed by atoms with van der Waals surface area (Å²) in [6, 6.07) is -0.864. The molecule has 1 aliphatic heterocycles. The van der Waals surface area contributed by atoms with Crippen LogP contribution in [-0.2, 0) is 9.53 Å². The number of likely N-dealkylation sites (tertiary alicyclic amines) is 1. The van der Waals surface area contributed by atoms with Gasteiger partial charge in [0.2, 0.25) is 0 Å². The van der Waals surface area contributed by atoms with Gasteiger partial charge in [-0.2, -0.15) is 0 Å². The van der Waals surface area contributed by atoms with Crippen LogP contribution in [0.4, 0.5) is 4.79 Å². The Morgan fingerprint density at radius 2 is 2.13 bits per heavy atom. The van der Waals surface area contributed by atoms with E-state index in [1.807, 2.05) is 0 Å². The van der Waals surface area contributed by atoms with Crippen molar-refractivity contribution in [3.05, 3.63) is 0 Å². The number of ether oxygens (including phenoxy) is 1. The Morgan fingerprint density at radius 3 is 2.47 bits per heavy atom. The second-order valence-electron chi connectivity index (χ2n) is 2.98. The normalized spacial score (nSPS) is 20.7. The van der Waals surface area contributed by atoms with Crippen LogP contribution in [0.3, 0.4) is 0 Å². The fraction of sp³-hybridized carbons (Fsp3) is 0.714. The molecule has 8 heteroatoms. The van der Waals surface area contributed by atoms with Gasteiger partial charge in [0.25, 0.3) is 4.52 Å².